The van der Waals surface area contributed by atoms with E-state index in [4.69, 9.17) is 5.11 Å². The van der Waals surface area contributed by atoms with Crippen LogP contribution in [0.2, 0.25) is 0 Å². The van der Waals surface area contributed by atoms with Crippen LogP contribution in [0.3, 0.4) is 0 Å². The second-order valence-corrected chi connectivity index (χ2v) is 5.79. The van der Waals surface area contributed by atoms with Crippen molar-refractivity contribution in [3.63, 3.8) is 0 Å². The Balaban J connectivity index is 4.79. The third-order valence-electron chi connectivity index (χ3n) is 2.48. The second kappa shape index (κ2) is 6.85. The van der Waals surface area contributed by atoms with E-state index in [0.29, 0.717) is 13.0 Å². The Bertz CT molecular complexity index is 313. The Morgan fingerprint density at radius 3 is 2.31 bits per heavy atom. The molecule has 0 aromatic rings. The van der Waals surface area contributed by atoms with E-state index in [0.717, 1.165) is 12.8 Å². The van der Waals surface area contributed by atoms with Gasteiger partial charge in [0.25, 0.3) is 0 Å². The van der Waals surface area contributed by atoms with Gasteiger partial charge in [-0.15, -0.1) is 0 Å². The molecule has 0 saturated carbocycles. The number of carboxylic acid groups (broad SMARTS) is 1. The van der Waals surface area contributed by atoms with Crippen LogP contribution in [0.1, 0.15) is 40.0 Å². The summed E-state index contributed by atoms with van der Waals surface area (Å²) in [6.45, 7) is 6.06. The molecule has 6 heteroatoms. The zero-order valence-electron chi connectivity index (χ0n) is 10.1. The van der Waals surface area contributed by atoms with Crippen LogP contribution in [-0.4, -0.2) is 42.1 Å². The van der Waals surface area contributed by atoms with Gasteiger partial charge in [0.15, 0.2) is 5.75 Å². The van der Waals surface area contributed by atoms with Crippen LogP contribution in [0.4, 0.5) is 0 Å². The van der Waals surface area contributed by atoms with Gasteiger partial charge in [0.1, 0.15) is 0 Å². The number of carboxylic acids is 1. The van der Waals surface area contributed by atoms with Gasteiger partial charge in [0.2, 0.25) is 10.0 Å². The molecule has 0 aliphatic heterocycles. The van der Waals surface area contributed by atoms with Gasteiger partial charge in [-0.25, -0.2) is 8.42 Å². The molecule has 1 N–H and O–H groups in total. The van der Waals surface area contributed by atoms with Crippen LogP contribution >= 0.6 is 0 Å². The first kappa shape index (κ1) is 15.4. The summed E-state index contributed by atoms with van der Waals surface area (Å²) < 4.78 is 24.9. The third-order valence-corrected chi connectivity index (χ3v) is 4.35. The molecule has 1 atom stereocenters. The maximum absolute atomic E-state index is 11.8. The molecule has 96 valence electrons. The number of carbonyl (C=O) groups is 1. The summed E-state index contributed by atoms with van der Waals surface area (Å²) in [7, 11) is -3.67. The third kappa shape index (κ3) is 4.94. The van der Waals surface area contributed by atoms with E-state index in [1.807, 2.05) is 13.8 Å². The van der Waals surface area contributed by atoms with Crippen molar-refractivity contribution in [2.75, 3.05) is 12.3 Å². The number of aliphatic carboxylic acids is 1. The van der Waals surface area contributed by atoms with Crippen LogP contribution < -0.4 is 0 Å². The largest absolute Gasteiger partial charge is 0.480 e. The van der Waals surface area contributed by atoms with Gasteiger partial charge in [-0.3, -0.25) is 4.79 Å². The maximum Gasteiger partial charge on any atom is 0.320 e. The number of hydrogen-bond acceptors (Lipinski definition) is 3. The summed E-state index contributed by atoms with van der Waals surface area (Å²) in [5.41, 5.74) is 0. The number of rotatable bonds is 8. The van der Waals surface area contributed by atoms with Gasteiger partial charge in [-0.1, -0.05) is 20.3 Å². The maximum atomic E-state index is 11.8. The fraction of sp³-hybridized carbons (Fsp3) is 0.900. The van der Waals surface area contributed by atoms with Gasteiger partial charge in [0.05, 0.1) is 0 Å². The highest BCUT2D eigenvalue weighted by atomic mass is 32.2. The lowest BCUT2D eigenvalue weighted by molar-refractivity contribution is -0.134. The molecule has 0 heterocycles. The highest BCUT2D eigenvalue weighted by molar-refractivity contribution is 7.89. The van der Waals surface area contributed by atoms with Crippen LogP contribution in [0.15, 0.2) is 0 Å². The molecule has 5 nitrogen and oxygen atoms in total. The molecular weight excluding hydrogens is 230 g/mol. The first-order valence-electron chi connectivity index (χ1n) is 5.56. The van der Waals surface area contributed by atoms with E-state index in [-0.39, 0.29) is 6.04 Å². The van der Waals surface area contributed by atoms with Crippen molar-refractivity contribution in [1.29, 1.82) is 0 Å². The fourth-order valence-electron chi connectivity index (χ4n) is 1.39. The molecule has 16 heavy (non-hydrogen) atoms. The summed E-state index contributed by atoms with van der Waals surface area (Å²) in [5, 5.41) is 8.57. The number of hydrogen-bond donors (Lipinski definition) is 1. The van der Waals surface area contributed by atoms with Gasteiger partial charge < -0.3 is 5.11 Å². The summed E-state index contributed by atoms with van der Waals surface area (Å²) in [6.07, 6.45) is 2.32. The van der Waals surface area contributed by atoms with E-state index in [2.05, 4.69) is 0 Å². The van der Waals surface area contributed by atoms with E-state index in [1.165, 1.54) is 4.31 Å². The Morgan fingerprint density at radius 2 is 1.94 bits per heavy atom. The topological polar surface area (TPSA) is 74.7 Å². The lowest BCUT2D eigenvalue weighted by Crippen LogP contribution is -2.41. The fourth-order valence-corrected chi connectivity index (χ4v) is 2.97. The molecule has 0 aliphatic carbocycles. The highest BCUT2D eigenvalue weighted by Gasteiger charge is 2.27. The van der Waals surface area contributed by atoms with E-state index in [9.17, 15) is 13.2 Å². The van der Waals surface area contributed by atoms with Crippen molar-refractivity contribution >= 4 is 16.0 Å². The number of sulfonamides is 1. The Hall–Kier alpha value is -0.620. The van der Waals surface area contributed by atoms with Crippen molar-refractivity contribution in [3.8, 4) is 0 Å². The molecule has 0 aromatic heterocycles. The van der Waals surface area contributed by atoms with Crippen molar-refractivity contribution in [2.45, 2.75) is 46.1 Å². The summed E-state index contributed by atoms with van der Waals surface area (Å²) >= 11 is 0. The summed E-state index contributed by atoms with van der Waals surface area (Å²) in [6, 6.07) is -0.143. The van der Waals surface area contributed by atoms with E-state index < -0.39 is 21.7 Å². The van der Waals surface area contributed by atoms with Gasteiger partial charge in [0, 0.05) is 12.6 Å². The monoisotopic (exact) mass is 251 g/mol. The smallest absolute Gasteiger partial charge is 0.320 e. The quantitative estimate of drug-likeness (QED) is 0.705. The average molecular weight is 251 g/mol. The first-order valence-corrected chi connectivity index (χ1v) is 7.17. The zero-order valence-corrected chi connectivity index (χ0v) is 11.0. The molecule has 0 aromatic carbocycles. The average Bonchev–Trinajstić information content (AvgIpc) is 2.15. The van der Waals surface area contributed by atoms with Crippen LogP contribution in [0.25, 0.3) is 0 Å². The van der Waals surface area contributed by atoms with Gasteiger partial charge in [-0.2, -0.15) is 4.31 Å². The number of nitrogens with zero attached hydrogens (tertiary/aromatic N) is 1. The molecule has 0 rings (SSSR count). The second-order valence-electron chi connectivity index (χ2n) is 3.87. The molecular formula is C10H21NO4S. The standard InChI is InChI=1S/C10H21NO4S/c1-4-6-7-11(9(3)5-2)16(14,15)8-10(12)13/h9H,4-8H2,1-3H3,(H,12,13). The van der Waals surface area contributed by atoms with Gasteiger partial charge in [-0.05, 0) is 19.8 Å². The Kier molecular flexibility index (Phi) is 6.59. The number of unbranched alkanes of at least 4 members (excludes halogenated alkanes) is 1. The van der Waals surface area contributed by atoms with Crippen molar-refractivity contribution in [2.24, 2.45) is 0 Å². The molecule has 0 amide bonds. The highest BCUT2D eigenvalue weighted by Crippen LogP contribution is 2.12. The van der Waals surface area contributed by atoms with Crippen LogP contribution in [0.5, 0.6) is 0 Å². The summed E-state index contributed by atoms with van der Waals surface area (Å²) in [5.74, 6) is -2.12. The van der Waals surface area contributed by atoms with Crippen molar-refractivity contribution < 1.29 is 18.3 Å². The molecule has 0 bridgehead atoms. The zero-order chi connectivity index (χ0) is 12.8. The van der Waals surface area contributed by atoms with E-state index in [1.54, 1.807) is 6.92 Å². The Morgan fingerprint density at radius 1 is 1.38 bits per heavy atom. The molecule has 0 radical (unpaired) electrons. The molecule has 0 fully saturated rings. The minimum absolute atomic E-state index is 0.143. The van der Waals surface area contributed by atoms with Crippen LogP contribution in [-0.2, 0) is 14.8 Å². The predicted molar refractivity (Wildman–Crippen MR) is 62.8 cm³/mol. The van der Waals surface area contributed by atoms with Crippen LogP contribution in [0, 0.1) is 0 Å². The summed E-state index contributed by atoms with van der Waals surface area (Å²) in [4.78, 5) is 10.5. The van der Waals surface area contributed by atoms with Crippen molar-refractivity contribution in [3.05, 3.63) is 0 Å². The minimum Gasteiger partial charge on any atom is -0.480 e. The van der Waals surface area contributed by atoms with Crippen molar-refractivity contribution in [1.82, 2.24) is 4.31 Å². The first-order chi connectivity index (χ1) is 7.35. The molecule has 0 saturated heterocycles. The molecule has 1 unspecified atom stereocenters. The molecule has 0 aliphatic rings. The normalized spacial score (nSPS) is 14.0. The SMILES string of the molecule is CCCCN(C(C)CC)S(=O)(=O)CC(=O)O. The van der Waals surface area contributed by atoms with Gasteiger partial charge >= 0.3 is 5.97 Å². The van der Waals surface area contributed by atoms with E-state index >= 15 is 0 Å². The molecule has 0 spiro atoms. The Labute approximate surface area is 97.5 Å². The lowest BCUT2D eigenvalue weighted by atomic mass is 10.2. The lowest BCUT2D eigenvalue weighted by Gasteiger charge is -2.26. The predicted octanol–water partition coefficient (Wildman–Crippen LogP) is 1.30. The minimum atomic E-state index is -3.67.